The summed E-state index contributed by atoms with van der Waals surface area (Å²) in [5.74, 6) is 0. The first-order chi connectivity index (χ1) is 7.93. The topological polar surface area (TPSA) is 82.0 Å². The van der Waals surface area contributed by atoms with Gasteiger partial charge in [0.05, 0.1) is 6.04 Å². The molecule has 1 rings (SSSR count). The molecule has 1 unspecified atom stereocenters. The maximum Gasteiger partial charge on any atom is 0.132 e. The predicted molar refractivity (Wildman–Crippen MR) is 68.4 cm³/mol. The van der Waals surface area contributed by atoms with E-state index in [1.165, 1.54) is 11.8 Å². The summed E-state index contributed by atoms with van der Waals surface area (Å²) in [5, 5.41) is 32.1. The van der Waals surface area contributed by atoms with Crippen LogP contribution < -0.4 is 5.32 Å². The molecule has 0 aromatic heterocycles. The number of ether oxygens (including phenoxy) is 1. The highest BCUT2D eigenvalue weighted by molar-refractivity contribution is 7.99. The number of hydrogen-bond acceptors (Lipinski definition) is 6. The predicted octanol–water partition coefficient (Wildman–Crippen LogP) is -0.628. The highest BCUT2D eigenvalue weighted by atomic mass is 35.5. The van der Waals surface area contributed by atoms with Crippen molar-refractivity contribution < 1.29 is 20.1 Å². The van der Waals surface area contributed by atoms with E-state index < -0.39 is 29.9 Å². The van der Waals surface area contributed by atoms with Gasteiger partial charge in [0.15, 0.2) is 0 Å². The smallest absolute Gasteiger partial charge is 0.132 e. The van der Waals surface area contributed by atoms with Crippen molar-refractivity contribution in [2.24, 2.45) is 0 Å². The second kappa shape index (κ2) is 6.56. The summed E-state index contributed by atoms with van der Waals surface area (Å²) in [6.45, 7) is 1.78. The molecule has 7 heteroatoms. The number of thioether (sulfide) groups is 1. The lowest BCUT2D eigenvalue weighted by Gasteiger charge is -2.43. The van der Waals surface area contributed by atoms with Gasteiger partial charge in [0.1, 0.15) is 29.9 Å². The molecule has 0 aromatic rings. The number of alkyl halides is 1. The molecule has 0 saturated carbocycles. The van der Waals surface area contributed by atoms with Crippen LogP contribution in [0, 0.1) is 0 Å². The van der Waals surface area contributed by atoms with Crippen LogP contribution in [0.25, 0.3) is 0 Å². The molecule has 0 aromatic carbocycles. The van der Waals surface area contributed by atoms with E-state index in [1.54, 1.807) is 20.2 Å². The van der Waals surface area contributed by atoms with E-state index in [9.17, 15) is 15.3 Å². The summed E-state index contributed by atoms with van der Waals surface area (Å²) >= 11 is 7.30. The van der Waals surface area contributed by atoms with Crippen LogP contribution in [0.3, 0.4) is 0 Å². The van der Waals surface area contributed by atoms with Crippen LogP contribution in [-0.2, 0) is 4.74 Å². The Labute approximate surface area is 110 Å². The fraction of sp³-hybridized carbons (Fsp3) is 1.00. The van der Waals surface area contributed by atoms with Crippen molar-refractivity contribution in [2.75, 3.05) is 13.3 Å². The Morgan fingerprint density at radius 1 is 1.24 bits per heavy atom. The molecule has 1 fully saturated rings. The number of rotatable bonds is 4. The Bertz CT molecular complexity index is 244. The van der Waals surface area contributed by atoms with Crippen molar-refractivity contribution in [1.29, 1.82) is 0 Å². The number of likely N-dealkylation sites (N-methyl/N-ethyl adjacent to an activating group) is 1. The Morgan fingerprint density at radius 2 is 1.82 bits per heavy atom. The molecule has 1 aliphatic heterocycles. The molecule has 7 atom stereocenters. The van der Waals surface area contributed by atoms with Gasteiger partial charge < -0.3 is 25.4 Å². The van der Waals surface area contributed by atoms with Gasteiger partial charge in [-0.1, -0.05) is 0 Å². The van der Waals surface area contributed by atoms with Gasteiger partial charge in [0.25, 0.3) is 0 Å². The van der Waals surface area contributed by atoms with Gasteiger partial charge in [-0.25, -0.2) is 0 Å². The largest absolute Gasteiger partial charge is 0.388 e. The van der Waals surface area contributed by atoms with Crippen molar-refractivity contribution in [3.63, 3.8) is 0 Å². The molecule has 0 bridgehead atoms. The average Bonchev–Trinajstić information content (AvgIpc) is 2.29. The van der Waals surface area contributed by atoms with Gasteiger partial charge in [0, 0.05) is 5.38 Å². The zero-order chi connectivity index (χ0) is 13.2. The highest BCUT2D eigenvalue weighted by Gasteiger charge is 2.46. The third kappa shape index (κ3) is 3.26. The number of aliphatic hydroxyl groups is 3. The van der Waals surface area contributed by atoms with Crippen LogP contribution >= 0.6 is 23.4 Å². The first-order valence-corrected chi connectivity index (χ1v) is 7.20. The Hall–Kier alpha value is 0.440. The van der Waals surface area contributed by atoms with E-state index in [2.05, 4.69) is 5.32 Å². The van der Waals surface area contributed by atoms with Crippen molar-refractivity contribution in [2.45, 2.75) is 48.2 Å². The minimum absolute atomic E-state index is 0.274. The van der Waals surface area contributed by atoms with Crippen LogP contribution in [0.2, 0.25) is 0 Å². The minimum atomic E-state index is -1.22. The first-order valence-electron chi connectivity index (χ1n) is 5.47. The molecule has 1 saturated heterocycles. The van der Waals surface area contributed by atoms with E-state index in [0.717, 1.165) is 0 Å². The van der Waals surface area contributed by atoms with Crippen LogP contribution in [-0.4, -0.2) is 69.9 Å². The summed E-state index contributed by atoms with van der Waals surface area (Å²) in [6, 6.07) is -0.302. The lowest BCUT2D eigenvalue weighted by Crippen LogP contribution is -2.63. The van der Waals surface area contributed by atoms with Crippen molar-refractivity contribution in [3.8, 4) is 0 Å². The SMILES string of the molecule is CNC([C@H](C)Cl)[C@H]1O[C@H](SC)[C@H](O)[C@@H](O)[C@H]1O. The fourth-order valence-electron chi connectivity index (χ4n) is 2.02. The van der Waals surface area contributed by atoms with E-state index in [4.69, 9.17) is 16.3 Å². The van der Waals surface area contributed by atoms with Gasteiger partial charge in [-0.05, 0) is 20.2 Å². The molecule has 17 heavy (non-hydrogen) atoms. The summed E-state index contributed by atoms with van der Waals surface area (Å²) in [4.78, 5) is 0. The molecule has 0 aliphatic carbocycles. The quantitative estimate of drug-likeness (QED) is 0.515. The monoisotopic (exact) mass is 285 g/mol. The highest BCUT2D eigenvalue weighted by Crippen LogP contribution is 2.29. The normalized spacial score (nSPS) is 42.2. The first kappa shape index (κ1) is 15.5. The van der Waals surface area contributed by atoms with Gasteiger partial charge in [0.2, 0.25) is 0 Å². The molecule has 0 spiro atoms. The van der Waals surface area contributed by atoms with E-state index in [1.807, 2.05) is 0 Å². The van der Waals surface area contributed by atoms with Crippen LogP contribution in [0.15, 0.2) is 0 Å². The molecule has 5 nitrogen and oxygen atoms in total. The van der Waals surface area contributed by atoms with Gasteiger partial charge >= 0.3 is 0 Å². The number of hydrogen-bond donors (Lipinski definition) is 4. The van der Waals surface area contributed by atoms with E-state index in [-0.39, 0.29) is 11.4 Å². The third-order valence-electron chi connectivity index (χ3n) is 3.02. The van der Waals surface area contributed by atoms with E-state index in [0.29, 0.717) is 0 Å². The average molecular weight is 286 g/mol. The van der Waals surface area contributed by atoms with Gasteiger partial charge in [-0.15, -0.1) is 23.4 Å². The Morgan fingerprint density at radius 3 is 2.24 bits per heavy atom. The van der Waals surface area contributed by atoms with Crippen molar-refractivity contribution in [3.05, 3.63) is 0 Å². The lowest BCUT2D eigenvalue weighted by atomic mass is 9.93. The van der Waals surface area contributed by atoms with Crippen molar-refractivity contribution in [1.82, 2.24) is 5.32 Å². The van der Waals surface area contributed by atoms with Crippen LogP contribution in [0.1, 0.15) is 6.92 Å². The van der Waals surface area contributed by atoms with Crippen LogP contribution in [0.4, 0.5) is 0 Å². The Kier molecular flexibility index (Phi) is 5.98. The molecule has 102 valence electrons. The fourth-order valence-corrected chi connectivity index (χ4v) is 2.97. The van der Waals surface area contributed by atoms with Gasteiger partial charge in [-0.2, -0.15) is 0 Å². The third-order valence-corrected chi connectivity index (χ3v) is 4.15. The molecule has 0 amide bonds. The van der Waals surface area contributed by atoms with Crippen molar-refractivity contribution >= 4 is 23.4 Å². The molecule has 4 N–H and O–H groups in total. The maximum atomic E-state index is 9.93. The lowest BCUT2D eigenvalue weighted by molar-refractivity contribution is -0.204. The zero-order valence-corrected chi connectivity index (χ0v) is 11.6. The molecule has 0 radical (unpaired) electrons. The number of aliphatic hydroxyl groups excluding tert-OH is 3. The minimum Gasteiger partial charge on any atom is -0.388 e. The standard InChI is InChI=1S/C10H20ClNO4S/c1-4(11)5(12-2)9-7(14)6(13)8(15)10(16-9)17-3/h4-10,12-15H,1-3H3/t4-,5?,6-,7+,8+,9+,10+/m0/s1. The summed E-state index contributed by atoms with van der Waals surface area (Å²) in [6.07, 6.45) is -2.36. The van der Waals surface area contributed by atoms with E-state index >= 15 is 0 Å². The Balaban J connectivity index is 2.84. The second-order valence-electron chi connectivity index (χ2n) is 4.17. The number of nitrogens with one attached hydrogen (secondary N) is 1. The molecule has 1 heterocycles. The van der Waals surface area contributed by atoms with Gasteiger partial charge in [-0.3, -0.25) is 0 Å². The summed E-state index contributed by atoms with van der Waals surface area (Å²) in [5.41, 5.74) is -0.565. The summed E-state index contributed by atoms with van der Waals surface area (Å²) in [7, 11) is 1.71. The summed E-state index contributed by atoms with van der Waals surface area (Å²) < 4.78 is 5.60. The maximum absolute atomic E-state index is 9.93. The zero-order valence-electron chi connectivity index (χ0n) is 10.1. The number of halogens is 1. The second-order valence-corrected chi connectivity index (χ2v) is 5.79. The molecule has 1 aliphatic rings. The van der Waals surface area contributed by atoms with Crippen LogP contribution in [0.5, 0.6) is 0 Å². The molecular weight excluding hydrogens is 266 g/mol. The molecular formula is C10H20ClNO4S.